The molecule has 0 spiro atoms. The number of aliphatic imine (C=N–C) groups is 1. The summed E-state index contributed by atoms with van der Waals surface area (Å²) in [5.41, 5.74) is 1.87. The van der Waals surface area contributed by atoms with Gasteiger partial charge in [-0.1, -0.05) is 18.2 Å². The Morgan fingerprint density at radius 2 is 2.26 bits per heavy atom. The fourth-order valence-electron chi connectivity index (χ4n) is 3.68. The number of rotatable bonds is 4. The lowest BCUT2D eigenvalue weighted by atomic mass is 10.1. The van der Waals surface area contributed by atoms with Gasteiger partial charge in [0.1, 0.15) is 11.9 Å². The second-order valence-electron chi connectivity index (χ2n) is 7.17. The third-order valence-corrected chi connectivity index (χ3v) is 5.18. The quantitative estimate of drug-likeness (QED) is 0.663. The number of aromatic nitrogens is 2. The van der Waals surface area contributed by atoms with Crippen molar-refractivity contribution in [3.8, 4) is 0 Å². The normalized spacial score (nSPS) is 25.5. The van der Waals surface area contributed by atoms with Crippen LogP contribution in [0.3, 0.4) is 0 Å². The predicted molar refractivity (Wildman–Crippen MR) is 102 cm³/mol. The number of nitrogens with one attached hydrogen (secondary N) is 1. The molecule has 6 nitrogen and oxygen atoms in total. The van der Waals surface area contributed by atoms with Gasteiger partial charge >= 0.3 is 0 Å². The van der Waals surface area contributed by atoms with Crippen LogP contribution in [0, 0.1) is 5.82 Å². The zero-order chi connectivity index (χ0) is 18.8. The highest BCUT2D eigenvalue weighted by Gasteiger charge is 2.41. The minimum absolute atomic E-state index is 0.0159. The summed E-state index contributed by atoms with van der Waals surface area (Å²) in [7, 11) is 1.91. The first-order chi connectivity index (χ1) is 13.2. The maximum absolute atomic E-state index is 14.0. The molecule has 1 aliphatic heterocycles. The van der Waals surface area contributed by atoms with Gasteiger partial charge in [0.05, 0.1) is 19.3 Å². The molecule has 1 N–H and O–H groups in total. The van der Waals surface area contributed by atoms with Crippen LogP contribution in [0.25, 0.3) is 0 Å². The van der Waals surface area contributed by atoms with E-state index in [-0.39, 0.29) is 23.9 Å². The van der Waals surface area contributed by atoms with Crippen LogP contribution < -0.4 is 5.32 Å². The van der Waals surface area contributed by atoms with E-state index in [2.05, 4.69) is 20.3 Å². The van der Waals surface area contributed by atoms with E-state index in [9.17, 15) is 4.39 Å². The van der Waals surface area contributed by atoms with Crippen molar-refractivity contribution < 1.29 is 9.13 Å². The molecule has 0 amide bonds. The molecule has 1 aromatic heterocycles. The Bertz CT molecular complexity index is 820. The lowest BCUT2D eigenvalue weighted by Gasteiger charge is -2.35. The number of ether oxygens (including phenoxy) is 1. The van der Waals surface area contributed by atoms with E-state index in [4.69, 9.17) is 4.74 Å². The molecule has 1 saturated heterocycles. The molecule has 1 aliphatic carbocycles. The standard InChI is InChI=1S/C20H26FN5O/c1-3-22-20(24-18-10-16(18)15-6-4-5-7-17(15)21)26-8-9-27-19(13-26)14-11-23-25(2)12-14/h4-7,11-12,16,18-19H,3,8-10,13H2,1-2H3,(H,22,24). The highest BCUT2D eigenvalue weighted by atomic mass is 19.1. The molecule has 3 unspecified atom stereocenters. The number of benzene rings is 1. The summed E-state index contributed by atoms with van der Waals surface area (Å²) in [6.45, 7) is 4.90. The minimum Gasteiger partial charge on any atom is -0.370 e. The first kappa shape index (κ1) is 18.0. The van der Waals surface area contributed by atoms with E-state index in [0.29, 0.717) is 13.2 Å². The van der Waals surface area contributed by atoms with Crippen LogP contribution in [-0.2, 0) is 11.8 Å². The molecule has 2 heterocycles. The van der Waals surface area contributed by atoms with Crippen LogP contribution in [-0.4, -0.2) is 52.9 Å². The van der Waals surface area contributed by atoms with Crippen LogP contribution >= 0.6 is 0 Å². The molecule has 2 aromatic rings. The lowest BCUT2D eigenvalue weighted by Crippen LogP contribution is -2.49. The van der Waals surface area contributed by atoms with Gasteiger partial charge in [-0.15, -0.1) is 0 Å². The second kappa shape index (κ2) is 7.68. The molecule has 3 atom stereocenters. The van der Waals surface area contributed by atoms with Crippen LogP contribution in [0.4, 0.5) is 4.39 Å². The van der Waals surface area contributed by atoms with E-state index in [1.54, 1.807) is 10.7 Å². The number of hydrogen-bond acceptors (Lipinski definition) is 3. The maximum Gasteiger partial charge on any atom is 0.194 e. The topological polar surface area (TPSA) is 54.7 Å². The van der Waals surface area contributed by atoms with E-state index >= 15 is 0 Å². The molecule has 27 heavy (non-hydrogen) atoms. The van der Waals surface area contributed by atoms with Gasteiger partial charge in [-0.05, 0) is 25.0 Å². The highest BCUT2D eigenvalue weighted by Crippen LogP contribution is 2.42. The zero-order valence-corrected chi connectivity index (χ0v) is 15.8. The Labute approximate surface area is 159 Å². The van der Waals surface area contributed by atoms with Crippen LogP contribution in [0.15, 0.2) is 41.7 Å². The number of aryl methyl sites for hydroxylation is 1. The largest absolute Gasteiger partial charge is 0.370 e. The molecule has 1 aromatic carbocycles. The summed E-state index contributed by atoms with van der Waals surface area (Å²) in [6.07, 6.45) is 4.76. The van der Waals surface area contributed by atoms with Crippen LogP contribution in [0.1, 0.15) is 36.5 Å². The summed E-state index contributed by atoms with van der Waals surface area (Å²) in [5, 5.41) is 7.79. The summed E-state index contributed by atoms with van der Waals surface area (Å²) in [4.78, 5) is 6.91. The lowest BCUT2D eigenvalue weighted by molar-refractivity contribution is -0.00810. The fraction of sp³-hybridized carbons (Fsp3) is 0.500. The molecular weight excluding hydrogens is 345 g/mol. The van der Waals surface area contributed by atoms with Gasteiger partial charge in [0.25, 0.3) is 0 Å². The summed E-state index contributed by atoms with van der Waals surface area (Å²) < 4.78 is 21.8. The van der Waals surface area contributed by atoms with Gasteiger partial charge in [0.2, 0.25) is 0 Å². The van der Waals surface area contributed by atoms with Crippen LogP contribution in [0.5, 0.6) is 0 Å². The number of nitrogens with zero attached hydrogens (tertiary/aromatic N) is 4. The van der Waals surface area contributed by atoms with E-state index < -0.39 is 0 Å². The fourth-order valence-corrected chi connectivity index (χ4v) is 3.68. The molecular formula is C20H26FN5O. The third kappa shape index (κ3) is 3.98. The zero-order valence-electron chi connectivity index (χ0n) is 15.8. The number of hydrogen-bond donors (Lipinski definition) is 1. The van der Waals surface area contributed by atoms with Gasteiger partial charge in [-0.3, -0.25) is 9.67 Å². The smallest absolute Gasteiger partial charge is 0.194 e. The molecule has 144 valence electrons. The van der Waals surface area contributed by atoms with E-state index in [0.717, 1.165) is 36.6 Å². The Balaban J connectivity index is 1.42. The number of morpholine rings is 1. The number of halogens is 1. The van der Waals surface area contributed by atoms with Crippen molar-refractivity contribution in [1.29, 1.82) is 0 Å². The second-order valence-corrected chi connectivity index (χ2v) is 7.17. The molecule has 0 bridgehead atoms. The van der Waals surface area contributed by atoms with E-state index in [1.807, 2.05) is 38.5 Å². The number of guanidine groups is 1. The van der Waals surface area contributed by atoms with Gasteiger partial charge in [0, 0.05) is 43.9 Å². The van der Waals surface area contributed by atoms with Crippen molar-refractivity contribution in [1.82, 2.24) is 20.0 Å². The van der Waals surface area contributed by atoms with Crippen molar-refractivity contribution in [3.05, 3.63) is 53.6 Å². The van der Waals surface area contributed by atoms with Crippen molar-refractivity contribution in [2.45, 2.75) is 31.4 Å². The predicted octanol–water partition coefficient (Wildman–Crippen LogP) is 2.45. The Morgan fingerprint density at radius 1 is 1.41 bits per heavy atom. The van der Waals surface area contributed by atoms with Crippen molar-refractivity contribution in [2.75, 3.05) is 26.2 Å². The van der Waals surface area contributed by atoms with Gasteiger partial charge < -0.3 is 15.0 Å². The van der Waals surface area contributed by atoms with Gasteiger partial charge in [-0.25, -0.2) is 4.39 Å². The monoisotopic (exact) mass is 371 g/mol. The average Bonchev–Trinajstić information content (AvgIpc) is 3.30. The van der Waals surface area contributed by atoms with Gasteiger partial charge in [-0.2, -0.15) is 5.10 Å². The van der Waals surface area contributed by atoms with Gasteiger partial charge in [0.15, 0.2) is 5.96 Å². The summed E-state index contributed by atoms with van der Waals surface area (Å²) >= 11 is 0. The minimum atomic E-state index is -0.121. The Morgan fingerprint density at radius 3 is 3.00 bits per heavy atom. The Hall–Kier alpha value is -2.41. The molecule has 2 aliphatic rings. The van der Waals surface area contributed by atoms with Crippen molar-refractivity contribution in [2.24, 2.45) is 12.0 Å². The summed E-state index contributed by atoms with van der Waals surface area (Å²) in [6, 6.07) is 7.28. The maximum atomic E-state index is 14.0. The SMILES string of the molecule is CCN=C(NC1CC1c1ccccc1F)N1CCOC(c2cnn(C)c2)C1. The van der Waals surface area contributed by atoms with Crippen molar-refractivity contribution in [3.63, 3.8) is 0 Å². The molecule has 1 saturated carbocycles. The molecule has 2 fully saturated rings. The average molecular weight is 371 g/mol. The highest BCUT2D eigenvalue weighted by molar-refractivity contribution is 5.81. The molecule has 0 radical (unpaired) electrons. The third-order valence-electron chi connectivity index (χ3n) is 5.18. The first-order valence-electron chi connectivity index (χ1n) is 9.56. The Kier molecular flexibility index (Phi) is 5.11. The first-order valence-corrected chi connectivity index (χ1v) is 9.56. The molecule has 4 rings (SSSR count). The van der Waals surface area contributed by atoms with Crippen LogP contribution in [0.2, 0.25) is 0 Å². The van der Waals surface area contributed by atoms with Crippen molar-refractivity contribution >= 4 is 5.96 Å². The summed E-state index contributed by atoms with van der Waals surface area (Å²) in [5.74, 6) is 0.978. The van der Waals surface area contributed by atoms with E-state index in [1.165, 1.54) is 6.07 Å². The molecule has 7 heteroatoms.